The Hall–Kier alpha value is -0.850. The summed E-state index contributed by atoms with van der Waals surface area (Å²) in [7, 11) is 0. The van der Waals surface area contributed by atoms with Crippen molar-refractivity contribution in [3.63, 3.8) is 0 Å². The van der Waals surface area contributed by atoms with E-state index in [0.29, 0.717) is 0 Å². The van der Waals surface area contributed by atoms with Crippen LogP contribution in [0.15, 0.2) is 18.2 Å². The van der Waals surface area contributed by atoms with Crippen LogP contribution < -0.4 is 0 Å². The standard InChI is InChI=1S/C12H17F/c1-5-9-8-10(12(2,3)4)6-7-11(9)13/h6-8H,5H2,1-4H3. The summed E-state index contributed by atoms with van der Waals surface area (Å²) in [5.74, 6) is -0.0875. The van der Waals surface area contributed by atoms with Crippen molar-refractivity contribution < 1.29 is 4.39 Å². The highest BCUT2D eigenvalue weighted by Crippen LogP contribution is 2.24. The van der Waals surface area contributed by atoms with Crippen molar-refractivity contribution in [1.82, 2.24) is 0 Å². The maximum Gasteiger partial charge on any atom is 0.126 e. The van der Waals surface area contributed by atoms with Crippen LogP contribution in [0.4, 0.5) is 4.39 Å². The lowest BCUT2D eigenvalue weighted by molar-refractivity contribution is 0.577. The van der Waals surface area contributed by atoms with Gasteiger partial charge < -0.3 is 0 Å². The summed E-state index contributed by atoms with van der Waals surface area (Å²) in [6.07, 6.45) is 0.760. The van der Waals surface area contributed by atoms with E-state index < -0.39 is 0 Å². The molecule has 1 heteroatoms. The van der Waals surface area contributed by atoms with Gasteiger partial charge in [-0.1, -0.05) is 39.8 Å². The normalized spacial score (nSPS) is 11.8. The van der Waals surface area contributed by atoms with E-state index in [2.05, 4.69) is 20.8 Å². The zero-order valence-corrected chi connectivity index (χ0v) is 8.82. The van der Waals surface area contributed by atoms with Crippen molar-refractivity contribution in [2.75, 3.05) is 0 Å². The second-order valence-corrected chi connectivity index (χ2v) is 4.41. The summed E-state index contributed by atoms with van der Waals surface area (Å²) >= 11 is 0. The van der Waals surface area contributed by atoms with Crippen LogP contribution >= 0.6 is 0 Å². The Morgan fingerprint density at radius 2 is 1.85 bits per heavy atom. The first-order valence-electron chi connectivity index (χ1n) is 4.74. The zero-order chi connectivity index (χ0) is 10.1. The Kier molecular flexibility index (Phi) is 2.74. The Balaban J connectivity index is 3.14. The van der Waals surface area contributed by atoms with Gasteiger partial charge in [0.25, 0.3) is 0 Å². The highest BCUT2D eigenvalue weighted by atomic mass is 19.1. The molecule has 0 unspecified atom stereocenters. The van der Waals surface area contributed by atoms with Gasteiger partial charge >= 0.3 is 0 Å². The van der Waals surface area contributed by atoms with Crippen molar-refractivity contribution in [3.8, 4) is 0 Å². The van der Waals surface area contributed by atoms with E-state index in [9.17, 15) is 4.39 Å². The van der Waals surface area contributed by atoms with E-state index in [1.165, 1.54) is 5.56 Å². The third-order valence-corrected chi connectivity index (χ3v) is 2.29. The molecule has 0 radical (unpaired) electrons. The average molecular weight is 180 g/mol. The van der Waals surface area contributed by atoms with Crippen molar-refractivity contribution in [1.29, 1.82) is 0 Å². The number of halogens is 1. The molecule has 0 aliphatic rings. The van der Waals surface area contributed by atoms with E-state index in [1.54, 1.807) is 6.07 Å². The molecule has 0 atom stereocenters. The largest absolute Gasteiger partial charge is 0.207 e. The first kappa shape index (κ1) is 10.2. The fourth-order valence-corrected chi connectivity index (χ4v) is 1.31. The molecule has 0 saturated carbocycles. The first-order chi connectivity index (χ1) is 5.95. The van der Waals surface area contributed by atoms with Crippen LogP contribution in [-0.4, -0.2) is 0 Å². The van der Waals surface area contributed by atoms with Crippen molar-refractivity contribution in [2.24, 2.45) is 0 Å². The number of hydrogen-bond donors (Lipinski definition) is 0. The molecule has 1 rings (SSSR count). The minimum atomic E-state index is -0.0875. The molecule has 0 spiro atoms. The molecule has 0 bridgehead atoms. The Labute approximate surface area is 79.8 Å². The lowest BCUT2D eigenvalue weighted by Gasteiger charge is -2.19. The van der Waals surface area contributed by atoms with Gasteiger partial charge in [0.15, 0.2) is 0 Å². The van der Waals surface area contributed by atoms with Crippen LogP contribution in [0.5, 0.6) is 0 Å². The highest BCUT2D eigenvalue weighted by molar-refractivity contribution is 5.29. The molecular formula is C12H17F. The molecule has 0 aliphatic heterocycles. The van der Waals surface area contributed by atoms with Gasteiger partial charge in [0, 0.05) is 0 Å². The van der Waals surface area contributed by atoms with Crippen LogP contribution in [0.1, 0.15) is 38.8 Å². The lowest BCUT2D eigenvalue weighted by atomic mass is 9.86. The molecule has 0 N–H and O–H groups in total. The van der Waals surface area contributed by atoms with Gasteiger partial charge in [0.2, 0.25) is 0 Å². The molecule has 0 fully saturated rings. The number of hydrogen-bond acceptors (Lipinski definition) is 0. The van der Waals surface area contributed by atoms with Crippen LogP contribution in [0.2, 0.25) is 0 Å². The quantitative estimate of drug-likeness (QED) is 0.618. The van der Waals surface area contributed by atoms with Crippen LogP contribution in [0.3, 0.4) is 0 Å². The van der Waals surface area contributed by atoms with Gasteiger partial charge in [-0.3, -0.25) is 0 Å². The maximum absolute atomic E-state index is 13.2. The predicted molar refractivity (Wildman–Crippen MR) is 54.5 cm³/mol. The second-order valence-electron chi connectivity index (χ2n) is 4.41. The Morgan fingerprint density at radius 3 is 2.31 bits per heavy atom. The molecule has 72 valence electrons. The molecular weight excluding hydrogens is 163 g/mol. The summed E-state index contributed by atoms with van der Waals surface area (Å²) in [6, 6.07) is 5.41. The minimum absolute atomic E-state index is 0.0875. The third-order valence-electron chi connectivity index (χ3n) is 2.29. The molecule has 13 heavy (non-hydrogen) atoms. The molecule has 0 aromatic heterocycles. The van der Waals surface area contributed by atoms with Gasteiger partial charge in [-0.15, -0.1) is 0 Å². The maximum atomic E-state index is 13.2. The Bertz CT molecular complexity index is 294. The summed E-state index contributed by atoms with van der Waals surface area (Å²) in [5, 5.41) is 0. The fourth-order valence-electron chi connectivity index (χ4n) is 1.31. The lowest BCUT2D eigenvalue weighted by Crippen LogP contribution is -2.11. The number of rotatable bonds is 1. The van der Waals surface area contributed by atoms with Crippen LogP contribution in [-0.2, 0) is 11.8 Å². The monoisotopic (exact) mass is 180 g/mol. The van der Waals surface area contributed by atoms with Gasteiger partial charge in [-0.25, -0.2) is 4.39 Å². The zero-order valence-electron chi connectivity index (χ0n) is 8.82. The average Bonchev–Trinajstić information content (AvgIpc) is 2.03. The van der Waals surface area contributed by atoms with E-state index in [1.807, 2.05) is 19.1 Å². The molecule has 1 aromatic rings. The van der Waals surface area contributed by atoms with E-state index in [4.69, 9.17) is 0 Å². The van der Waals surface area contributed by atoms with E-state index >= 15 is 0 Å². The second kappa shape index (κ2) is 3.49. The third kappa shape index (κ3) is 2.30. The van der Waals surface area contributed by atoms with Crippen LogP contribution in [0.25, 0.3) is 0 Å². The van der Waals surface area contributed by atoms with Gasteiger partial charge in [0.05, 0.1) is 0 Å². The molecule has 1 aromatic carbocycles. The van der Waals surface area contributed by atoms with Gasteiger partial charge in [0.1, 0.15) is 5.82 Å². The van der Waals surface area contributed by atoms with Crippen molar-refractivity contribution in [2.45, 2.75) is 39.5 Å². The molecule has 0 saturated heterocycles. The van der Waals surface area contributed by atoms with Crippen molar-refractivity contribution >= 4 is 0 Å². The van der Waals surface area contributed by atoms with Gasteiger partial charge in [-0.05, 0) is 29.0 Å². The first-order valence-corrected chi connectivity index (χ1v) is 4.74. The summed E-state index contributed by atoms with van der Waals surface area (Å²) in [6.45, 7) is 8.39. The molecule has 0 amide bonds. The topological polar surface area (TPSA) is 0 Å². The number of benzene rings is 1. The highest BCUT2D eigenvalue weighted by Gasteiger charge is 2.14. The summed E-state index contributed by atoms with van der Waals surface area (Å²) in [5.41, 5.74) is 2.12. The van der Waals surface area contributed by atoms with E-state index in [0.717, 1.165) is 12.0 Å². The minimum Gasteiger partial charge on any atom is -0.207 e. The Morgan fingerprint density at radius 1 is 1.23 bits per heavy atom. The van der Waals surface area contributed by atoms with E-state index in [-0.39, 0.29) is 11.2 Å². The predicted octanol–water partition coefficient (Wildman–Crippen LogP) is 3.69. The van der Waals surface area contributed by atoms with Crippen molar-refractivity contribution in [3.05, 3.63) is 35.1 Å². The SMILES string of the molecule is CCc1cc(C(C)(C)C)ccc1F. The molecule has 0 heterocycles. The summed E-state index contributed by atoms with van der Waals surface area (Å²) in [4.78, 5) is 0. The summed E-state index contributed by atoms with van der Waals surface area (Å²) < 4.78 is 13.2. The number of aryl methyl sites for hydroxylation is 1. The molecule has 0 aliphatic carbocycles. The van der Waals surface area contributed by atoms with Gasteiger partial charge in [-0.2, -0.15) is 0 Å². The smallest absolute Gasteiger partial charge is 0.126 e. The van der Waals surface area contributed by atoms with Crippen LogP contribution in [0, 0.1) is 5.82 Å². The molecule has 0 nitrogen and oxygen atoms in total. The fraction of sp³-hybridized carbons (Fsp3) is 0.500.